The zero-order chi connectivity index (χ0) is 15.7. The SMILES string of the molecule is COc1ccc(-c2nnn(-c3cccc(C)c3)c2N)c(C)c1. The standard InChI is InChI=1S/C17H18N4O/c1-11-5-4-6-13(9-11)21-17(18)16(19-20-21)15-8-7-14(22-3)10-12(15)2/h4-10H,18H2,1-3H3. The Morgan fingerprint density at radius 2 is 1.91 bits per heavy atom. The molecule has 0 fully saturated rings. The van der Waals surface area contributed by atoms with Crippen LogP contribution in [-0.2, 0) is 0 Å². The molecule has 0 bridgehead atoms. The van der Waals surface area contributed by atoms with Gasteiger partial charge in [0.05, 0.1) is 12.8 Å². The molecule has 0 radical (unpaired) electrons. The molecule has 0 aliphatic carbocycles. The minimum Gasteiger partial charge on any atom is -0.497 e. The van der Waals surface area contributed by atoms with E-state index in [1.165, 1.54) is 0 Å². The Hall–Kier alpha value is -2.82. The van der Waals surface area contributed by atoms with E-state index in [-0.39, 0.29) is 0 Å². The van der Waals surface area contributed by atoms with Crippen LogP contribution in [0, 0.1) is 13.8 Å². The van der Waals surface area contributed by atoms with Crippen LogP contribution in [0.25, 0.3) is 16.9 Å². The van der Waals surface area contributed by atoms with Crippen molar-refractivity contribution in [2.24, 2.45) is 0 Å². The molecule has 3 rings (SSSR count). The number of benzene rings is 2. The number of methoxy groups -OCH3 is 1. The summed E-state index contributed by atoms with van der Waals surface area (Å²) in [4.78, 5) is 0. The molecular formula is C17H18N4O. The average molecular weight is 294 g/mol. The highest BCUT2D eigenvalue weighted by Crippen LogP contribution is 2.30. The van der Waals surface area contributed by atoms with Crippen LogP contribution >= 0.6 is 0 Å². The number of nitrogen functional groups attached to an aromatic ring is 1. The lowest BCUT2D eigenvalue weighted by atomic mass is 10.1. The van der Waals surface area contributed by atoms with Crippen molar-refractivity contribution >= 4 is 5.82 Å². The highest BCUT2D eigenvalue weighted by molar-refractivity contribution is 5.74. The normalized spacial score (nSPS) is 10.7. The van der Waals surface area contributed by atoms with Gasteiger partial charge in [0.1, 0.15) is 11.4 Å². The summed E-state index contributed by atoms with van der Waals surface area (Å²) in [6.45, 7) is 4.04. The Labute approximate surface area is 129 Å². The van der Waals surface area contributed by atoms with Gasteiger partial charge < -0.3 is 10.5 Å². The van der Waals surface area contributed by atoms with Gasteiger partial charge >= 0.3 is 0 Å². The van der Waals surface area contributed by atoms with Crippen molar-refractivity contribution in [3.8, 4) is 22.7 Å². The molecular weight excluding hydrogens is 276 g/mol. The second-order valence-electron chi connectivity index (χ2n) is 5.25. The molecule has 5 nitrogen and oxygen atoms in total. The topological polar surface area (TPSA) is 66.0 Å². The second-order valence-corrected chi connectivity index (χ2v) is 5.25. The largest absolute Gasteiger partial charge is 0.497 e. The van der Waals surface area contributed by atoms with Gasteiger partial charge in [-0.05, 0) is 55.3 Å². The first-order valence-corrected chi connectivity index (χ1v) is 7.03. The Balaban J connectivity index is 2.07. The number of aromatic nitrogens is 3. The Bertz CT molecular complexity index is 823. The Kier molecular flexibility index (Phi) is 3.55. The summed E-state index contributed by atoms with van der Waals surface area (Å²) >= 11 is 0. The number of nitrogens with two attached hydrogens (primary N) is 1. The van der Waals surface area contributed by atoms with Crippen LogP contribution in [0.4, 0.5) is 5.82 Å². The summed E-state index contributed by atoms with van der Waals surface area (Å²) in [7, 11) is 1.65. The third kappa shape index (κ3) is 2.41. The predicted octanol–water partition coefficient (Wildman–Crippen LogP) is 3.14. The van der Waals surface area contributed by atoms with E-state index >= 15 is 0 Å². The fourth-order valence-corrected chi connectivity index (χ4v) is 2.46. The molecule has 0 spiro atoms. The summed E-state index contributed by atoms with van der Waals surface area (Å²) in [5.41, 5.74) is 11.0. The summed E-state index contributed by atoms with van der Waals surface area (Å²) in [6.07, 6.45) is 0. The van der Waals surface area contributed by atoms with Crippen LogP contribution < -0.4 is 10.5 Å². The first kappa shape index (κ1) is 14.1. The van der Waals surface area contributed by atoms with Crippen molar-refractivity contribution in [1.29, 1.82) is 0 Å². The third-order valence-corrected chi connectivity index (χ3v) is 3.64. The maximum Gasteiger partial charge on any atom is 0.155 e. The minimum atomic E-state index is 0.527. The van der Waals surface area contributed by atoms with Gasteiger partial charge in [-0.1, -0.05) is 17.3 Å². The van der Waals surface area contributed by atoms with E-state index in [4.69, 9.17) is 10.5 Å². The van der Waals surface area contributed by atoms with Crippen molar-refractivity contribution in [2.75, 3.05) is 12.8 Å². The Morgan fingerprint density at radius 1 is 1.09 bits per heavy atom. The summed E-state index contributed by atoms with van der Waals surface area (Å²) < 4.78 is 6.89. The van der Waals surface area contributed by atoms with Gasteiger partial charge in [-0.25, -0.2) is 0 Å². The van der Waals surface area contributed by atoms with Crippen LogP contribution in [-0.4, -0.2) is 22.1 Å². The summed E-state index contributed by atoms with van der Waals surface area (Å²) in [5.74, 6) is 1.34. The first-order chi connectivity index (χ1) is 10.6. The van der Waals surface area contributed by atoms with Gasteiger partial charge in [-0.15, -0.1) is 5.10 Å². The van der Waals surface area contributed by atoms with Gasteiger partial charge in [-0.3, -0.25) is 0 Å². The molecule has 0 aliphatic heterocycles. The molecule has 0 amide bonds. The second kappa shape index (κ2) is 5.52. The van der Waals surface area contributed by atoms with Crippen LogP contribution in [0.15, 0.2) is 42.5 Å². The molecule has 0 atom stereocenters. The molecule has 2 N–H and O–H groups in total. The van der Waals surface area contributed by atoms with E-state index < -0.39 is 0 Å². The maximum absolute atomic E-state index is 6.26. The number of rotatable bonds is 3. The van der Waals surface area contributed by atoms with Crippen LogP contribution in [0.2, 0.25) is 0 Å². The number of hydrogen-bond acceptors (Lipinski definition) is 4. The molecule has 2 aromatic carbocycles. The van der Waals surface area contributed by atoms with Crippen molar-refractivity contribution in [3.63, 3.8) is 0 Å². The van der Waals surface area contributed by atoms with Gasteiger partial charge in [0.2, 0.25) is 0 Å². The lowest BCUT2D eigenvalue weighted by Crippen LogP contribution is -2.02. The monoisotopic (exact) mass is 294 g/mol. The van der Waals surface area contributed by atoms with E-state index in [0.717, 1.165) is 28.1 Å². The van der Waals surface area contributed by atoms with E-state index in [1.807, 2.05) is 56.3 Å². The number of nitrogens with zero attached hydrogens (tertiary/aromatic N) is 3. The van der Waals surface area contributed by atoms with E-state index in [9.17, 15) is 0 Å². The smallest absolute Gasteiger partial charge is 0.155 e. The van der Waals surface area contributed by atoms with Crippen LogP contribution in [0.5, 0.6) is 5.75 Å². The molecule has 1 heterocycles. The molecule has 0 aliphatic rings. The predicted molar refractivity (Wildman–Crippen MR) is 87.2 cm³/mol. The van der Waals surface area contributed by atoms with Crippen molar-refractivity contribution < 1.29 is 4.74 Å². The highest BCUT2D eigenvalue weighted by atomic mass is 16.5. The van der Waals surface area contributed by atoms with Crippen LogP contribution in [0.3, 0.4) is 0 Å². The minimum absolute atomic E-state index is 0.527. The van der Waals surface area contributed by atoms with E-state index in [0.29, 0.717) is 11.5 Å². The van der Waals surface area contributed by atoms with Crippen molar-refractivity contribution in [3.05, 3.63) is 53.6 Å². The van der Waals surface area contributed by atoms with Gasteiger partial charge in [0.15, 0.2) is 5.82 Å². The third-order valence-electron chi connectivity index (χ3n) is 3.64. The van der Waals surface area contributed by atoms with Crippen molar-refractivity contribution in [2.45, 2.75) is 13.8 Å². The summed E-state index contributed by atoms with van der Waals surface area (Å²) in [6, 6.07) is 13.8. The molecule has 0 unspecified atom stereocenters. The van der Waals surface area contributed by atoms with Gasteiger partial charge in [-0.2, -0.15) is 4.68 Å². The molecule has 22 heavy (non-hydrogen) atoms. The molecule has 112 valence electrons. The number of anilines is 1. The fourth-order valence-electron chi connectivity index (χ4n) is 2.46. The molecule has 3 aromatic rings. The van der Waals surface area contributed by atoms with Gasteiger partial charge in [0, 0.05) is 5.56 Å². The lowest BCUT2D eigenvalue weighted by Gasteiger charge is -2.07. The average Bonchev–Trinajstić information content (AvgIpc) is 2.88. The molecule has 1 aromatic heterocycles. The molecule has 0 saturated carbocycles. The number of hydrogen-bond donors (Lipinski definition) is 1. The fraction of sp³-hybridized carbons (Fsp3) is 0.176. The lowest BCUT2D eigenvalue weighted by molar-refractivity contribution is 0.414. The van der Waals surface area contributed by atoms with E-state index in [1.54, 1.807) is 11.8 Å². The Morgan fingerprint density at radius 3 is 2.59 bits per heavy atom. The van der Waals surface area contributed by atoms with Crippen molar-refractivity contribution in [1.82, 2.24) is 15.0 Å². The van der Waals surface area contributed by atoms with E-state index in [2.05, 4.69) is 10.3 Å². The zero-order valence-electron chi connectivity index (χ0n) is 12.9. The maximum atomic E-state index is 6.26. The van der Waals surface area contributed by atoms with Crippen LogP contribution in [0.1, 0.15) is 11.1 Å². The zero-order valence-corrected chi connectivity index (χ0v) is 12.9. The molecule has 0 saturated heterocycles. The molecule has 5 heteroatoms. The number of ether oxygens (including phenoxy) is 1. The number of aryl methyl sites for hydroxylation is 2. The quantitative estimate of drug-likeness (QED) is 0.806. The van der Waals surface area contributed by atoms with Gasteiger partial charge in [0.25, 0.3) is 0 Å². The summed E-state index contributed by atoms with van der Waals surface area (Å²) in [5, 5.41) is 8.45. The highest BCUT2D eigenvalue weighted by Gasteiger charge is 2.15. The first-order valence-electron chi connectivity index (χ1n) is 7.03.